The Morgan fingerprint density at radius 3 is 2.82 bits per heavy atom. The normalized spacial score (nSPS) is 20.6. The first-order chi connectivity index (χ1) is 7.96. The number of carbonyl (C=O) groups is 1. The van der Waals surface area contributed by atoms with Crippen LogP contribution < -0.4 is 5.32 Å². The quantitative estimate of drug-likeness (QED) is 0.793. The van der Waals surface area contributed by atoms with Gasteiger partial charge >= 0.3 is 6.03 Å². The van der Waals surface area contributed by atoms with Crippen LogP contribution in [0.3, 0.4) is 0 Å². The van der Waals surface area contributed by atoms with Gasteiger partial charge in [-0.25, -0.2) is 9.48 Å². The molecule has 17 heavy (non-hydrogen) atoms. The summed E-state index contributed by atoms with van der Waals surface area (Å²) in [7, 11) is 0. The lowest BCUT2D eigenvalue weighted by Crippen LogP contribution is -2.47. The number of urea groups is 1. The predicted octanol–water partition coefficient (Wildman–Crippen LogP) is 1.03. The number of carbonyl (C=O) groups excluding carboxylic acids is 1. The molecule has 94 valence electrons. The Bertz CT molecular complexity index is 381. The highest BCUT2D eigenvalue weighted by Gasteiger charge is 2.29. The first-order valence-corrected chi connectivity index (χ1v) is 5.88. The molecule has 2 amide bonds. The molecule has 1 aromatic rings. The second kappa shape index (κ2) is 4.35. The standard InChI is InChI=1S/C11H19N5O/c1-11(2,3)13-10(17)15-6-4-9(8-15)16-7-5-12-14-16/h5,7,9H,4,6,8H2,1-3H3,(H,13,17)/t9-/m0/s1. The lowest BCUT2D eigenvalue weighted by molar-refractivity contribution is 0.197. The van der Waals surface area contributed by atoms with Crippen molar-refractivity contribution in [1.29, 1.82) is 0 Å². The Morgan fingerprint density at radius 2 is 2.24 bits per heavy atom. The molecule has 1 aliphatic rings. The molecule has 0 unspecified atom stereocenters. The fourth-order valence-corrected chi connectivity index (χ4v) is 1.95. The maximum absolute atomic E-state index is 11.9. The second-order valence-electron chi connectivity index (χ2n) is 5.45. The van der Waals surface area contributed by atoms with Gasteiger partial charge in [-0.2, -0.15) is 0 Å². The molecule has 1 saturated heterocycles. The van der Waals surface area contributed by atoms with E-state index in [2.05, 4.69) is 15.6 Å². The van der Waals surface area contributed by atoms with Gasteiger partial charge in [0.1, 0.15) is 0 Å². The van der Waals surface area contributed by atoms with E-state index in [0.29, 0.717) is 6.54 Å². The Balaban J connectivity index is 1.92. The molecular formula is C11H19N5O. The summed E-state index contributed by atoms with van der Waals surface area (Å²) in [6.45, 7) is 7.42. The molecule has 0 aliphatic carbocycles. The van der Waals surface area contributed by atoms with E-state index in [1.807, 2.05) is 36.5 Å². The maximum atomic E-state index is 11.9. The topological polar surface area (TPSA) is 63.1 Å². The highest BCUT2D eigenvalue weighted by atomic mass is 16.2. The summed E-state index contributed by atoms with van der Waals surface area (Å²) in [5.74, 6) is 0. The van der Waals surface area contributed by atoms with Crippen molar-refractivity contribution in [2.75, 3.05) is 13.1 Å². The van der Waals surface area contributed by atoms with E-state index in [0.717, 1.165) is 13.0 Å². The summed E-state index contributed by atoms with van der Waals surface area (Å²) in [5.41, 5.74) is -0.192. The molecule has 0 bridgehead atoms. The minimum Gasteiger partial charge on any atom is -0.333 e. The summed E-state index contributed by atoms with van der Waals surface area (Å²) < 4.78 is 1.82. The number of hydrogen-bond donors (Lipinski definition) is 1. The summed E-state index contributed by atoms with van der Waals surface area (Å²) >= 11 is 0. The van der Waals surface area contributed by atoms with E-state index in [9.17, 15) is 4.79 Å². The van der Waals surface area contributed by atoms with Crippen molar-refractivity contribution in [2.45, 2.75) is 38.8 Å². The highest BCUT2D eigenvalue weighted by molar-refractivity contribution is 5.75. The Hall–Kier alpha value is -1.59. The van der Waals surface area contributed by atoms with Crippen LogP contribution in [0.2, 0.25) is 0 Å². The van der Waals surface area contributed by atoms with Crippen LogP contribution in [0.5, 0.6) is 0 Å². The number of amides is 2. The zero-order valence-corrected chi connectivity index (χ0v) is 10.6. The Kier molecular flexibility index (Phi) is 3.04. The van der Waals surface area contributed by atoms with Gasteiger partial charge in [0.25, 0.3) is 0 Å². The minimum atomic E-state index is -0.192. The van der Waals surface area contributed by atoms with Gasteiger partial charge in [-0.05, 0) is 27.2 Å². The lowest BCUT2D eigenvalue weighted by Gasteiger charge is -2.25. The summed E-state index contributed by atoms with van der Waals surface area (Å²) in [4.78, 5) is 13.8. The smallest absolute Gasteiger partial charge is 0.317 e. The average Bonchev–Trinajstić information content (AvgIpc) is 2.86. The van der Waals surface area contributed by atoms with Crippen molar-refractivity contribution in [3.63, 3.8) is 0 Å². The first kappa shape index (κ1) is 11.9. The van der Waals surface area contributed by atoms with Crippen LogP contribution in [0.4, 0.5) is 4.79 Å². The number of likely N-dealkylation sites (tertiary alicyclic amines) is 1. The average molecular weight is 237 g/mol. The van der Waals surface area contributed by atoms with E-state index in [1.54, 1.807) is 6.20 Å². The van der Waals surface area contributed by atoms with Gasteiger partial charge in [0.05, 0.1) is 12.2 Å². The van der Waals surface area contributed by atoms with Crippen LogP contribution in [0.1, 0.15) is 33.2 Å². The third-order valence-corrected chi connectivity index (χ3v) is 2.75. The van der Waals surface area contributed by atoms with E-state index in [1.165, 1.54) is 0 Å². The number of hydrogen-bond acceptors (Lipinski definition) is 3. The number of nitrogens with one attached hydrogen (secondary N) is 1. The molecule has 1 atom stereocenters. The van der Waals surface area contributed by atoms with Gasteiger partial charge < -0.3 is 10.2 Å². The van der Waals surface area contributed by atoms with Crippen molar-refractivity contribution in [2.24, 2.45) is 0 Å². The van der Waals surface area contributed by atoms with E-state index >= 15 is 0 Å². The lowest BCUT2D eigenvalue weighted by atomic mass is 10.1. The third-order valence-electron chi connectivity index (χ3n) is 2.75. The van der Waals surface area contributed by atoms with E-state index in [4.69, 9.17) is 0 Å². The number of aromatic nitrogens is 3. The Labute approximate surface area is 101 Å². The molecular weight excluding hydrogens is 218 g/mol. The minimum absolute atomic E-state index is 0.000107. The van der Waals surface area contributed by atoms with Crippen LogP contribution in [0, 0.1) is 0 Å². The van der Waals surface area contributed by atoms with Crippen molar-refractivity contribution < 1.29 is 4.79 Å². The molecule has 1 aliphatic heterocycles. The van der Waals surface area contributed by atoms with Crippen molar-refractivity contribution in [3.05, 3.63) is 12.4 Å². The Morgan fingerprint density at radius 1 is 1.47 bits per heavy atom. The molecule has 2 rings (SSSR count). The van der Waals surface area contributed by atoms with E-state index < -0.39 is 0 Å². The fraction of sp³-hybridized carbons (Fsp3) is 0.727. The monoisotopic (exact) mass is 237 g/mol. The zero-order valence-electron chi connectivity index (χ0n) is 10.6. The molecule has 1 N–H and O–H groups in total. The van der Waals surface area contributed by atoms with Crippen molar-refractivity contribution >= 4 is 6.03 Å². The molecule has 0 aromatic carbocycles. The molecule has 2 heterocycles. The molecule has 0 spiro atoms. The molecule has 6 heteroatoms. The maximum Gasteiger partial charge on any atom is 0.317 e. The van der Waals surface area contributed by atoms with Crippen molar-refractivity contribution in [3.8, 4) is 0 Å². The van der Waals surface area contributed by atoms with Gasteiger partial charge in [0.2, 0.25) is 0 Å². The van der Waals surface area contributed by atoms with Crippen LogP contribution >= 0.6 is 0 Å². The van der Waals surface area contributed by atoms with Crippen LogP contribution in [0.25, 0.3) is 0 Å². The molecule has 1 aromatic heterocycles. The van der Waals surface area contributed by atoms with Gasteiger partial charge in [-0.3, -0.25) is 0 Å². The largest absolute Gasteiger partial charge is 0.333 e. The summed E-state index contributed by atoms with van der Waals surface area (Å²) in [5, 5.41) is 10.7. The highest BCUT2D eigenvalue weighted by Crippen LogP contribution is 2.20. The molecule has 1 fully saturated rings. The predicted molar refractivity (Wildman–Crippen MR) is 63.5 cm³/mol. The van der Waals surface area contributed by atoms with E-state index in [-0.39, 0.29) is 17.6 Å². The SMILES string of the molecule is CC(C)(C)NC(=O)N1CC[C@H](n2ccnn2)C1. The van der Waals surface area contributed by atoms with Gasteiger partial charge in [-0.1, -0.05) is 5.21 Å². The molecule has 6 nitrogen and oxygen atoms in total. The van der Waals surface area contributed by atoms with Gasteiger partial charge in [-0.15, -0.1) is 5.10 Å². The molecule has 0 saturated carbocycles. The van der Waals surface area contributed by atoms with Gasteiger partial charge in [0, 0.05) is 24.8 Å². The van der Waals surface area contributed by atoms with Crippen LogP contribution in [-0.4, -0.2) is 44.6 Å². The summed E-state index contributed by atoms with van der Waals surface area (Å²) in [6, 6.07) is 0.253. The first-order valence-electron chi connectivity index (χ1n) is 5.88. The summed E-state index contributed by atoms with van der Waals surface area (Å²) in [6.07, 6.45) is 4.44. The van der Waals surface area contributed by atoms with Gasteiger partial charge in [0.15, 0.2) is 0 Å². The fourth-order valence-electron chi connectivity index (χ4n) is 1.95. The second-order valence-corrected chi connectivity index (χ2v) is 5.45. The third kappa shape index (κ3) is 2.95. The molecule has 0 radical (unpaired) electrons. The van der Waals surface area contributed by atoms with Crippen LogP contribution in [0.15, 0.2) is 12.4 Å². The van der Waals surface area contributed by atoms with Crippen LogP contribution in [-0.2, 0) is 0 Å². The zero-order chi connectivity index (χ0) is 12.5. The number of nitrogens with zero attached hydrogens (tertiary/aromatic N) is 4. The van der Waals surface area contributed by atoms with Crippen molar-refractivity contribution in [1.82, 2.24) is 25.2 Å². The number of rotatable bonds is 1.